The Bertz CT molecular complexity index is 8.00. The van der Waals surface area contributed by atoms with Gasteiger partial charge in [0.25, 0.3) is 0 Å². The van der Waals surface area contributed by atoms with Crippen LogP contribution in [0, 0.1) is 0 Å². The molecule has 0 aromatic heterocycles. The summed E-state index contributed by atoms with van der Waals surface area (Å²) in [7, 11) is 4.64. The van der Waals surface area contributed by atoms with Gasteiger partial charge < -0.3 is 5.48 Å². The number of hydrogen-bond acceptors (Lipinski definition) is 0. The Morgan fingerprint density at radius 3 is 1.25 bits per heavy atom. The summed E-state index contributed by atoms with van der Waals surface area (Å²) < 4.78 is 0. The monoisotopic (exact) mass is 86.0 g/mol. The van der Waals surface area contributed by atoms with Crippen molar-refractivity contribution in [2.24, 2.45) is 0 Å². The van der Waals surface area contributed by atoms with Gasteiger partial charge in [0.2, 0.25) is 0 Å². The molecule has 20 valence electrons. The first kappa shape index (κ1) is 17.5. The summed E-state index contributed by atoms with van der Waals surface area (Å²) in [5.41, 5.74) is 0. The van der Waals surface area contributed by atoms with Gasteiger partial charge in [-0.25, -0.2) is 0 Å². The van der Waals surface area contributed by atoms with Crippen LogP contribution in [0.2, 0.25) is 0 Å². The van der Waals surface area contributed by atoms with Crippen molar-refractivity contribution < 1.29 is 5.48 Å². The molecule has 0 atom stereocenters. The smallest absolute Gasteiger partial charge is 0.316 e. The van der Waals surface area contributed by atoms with Gasteiger partial charge in [0, 0.05) is 0 Å². The summed E-state index contributed by atoms with van der Waals surface area (Å²) in [6.45, 7) is 0. The summed E-state index contributed by atoms with van der Waals surface area (Å²) in [6.07, 6.45) is 0. The Balaban J connectivity index is -0.00000000500. The molecule has 4 heteroatoms. The zero-order chi connectivity index (χ0) is 2.00. The van der Waals surface area contributed by atoms with Gasteiger partial charge in [-0.3, -0.25) is 0 Å². The largest absolute Gasteiger partial charge is 0.316 e. The minimum atomic E-state index is 0. The SMILES string of the molecule is O.[Li][Cl].[MgH2]. The van der Waals surface area contributed by atoms with Crippen LogP contribution in [0.4, 0.5) is 0 Å². The molecule has 0 aliphatic rings. The fourth-order valence-electron chi connectivity index (χ4n) is 0. The van der Waals surface area contributed by atoms with Crippen LogP contribution in [-0.2, 0) is 0 Å². The molecule has 0 amide bonds. The third-order valence-corrected chi connectivity index (χ3v) is 0. The predicted molar refractivity (Wildman–Crippen MR) is 23.8 cm³/mol. The Hall–Kier alpha value is 1.61. The molecule has 0 rings (SSSR count). The van der Waals surface area contributed by atoms with Gasteiger partial charge >= 0.3 is 49.6 Å². The van der Waals surface area contributed by atoms with Crippen LogP contribution < -0.4 is 0 Å². The van der Waals surface area contributed by atoms with E-state index in [1.165, 1.54) is 16.7 Å². The minimum Gasteiger partial charge on any atom is 0.316 e. The molecule has 0 bridgehead atoms. The van der Waals surface area contributed by atoms with E-state index in [0.29, 0.717) is 0 Å². The standard InChI is InChI=1S/ClH.Li.Mg.H2O.2H/h1H;;;1H2;;/q;+1;;;;/p-1. The second-order valence-corrected chi connectivity index (χ2v) is 0. The third kappa shape index (κ3) is 9.48. The molecular formula is H4ClLiMgO. The number of hydrogen-bond donors (Lipinski definition) is 0. The van der Waals surface area contributed by atoms with E-state index in [2.05, 4.69) is 9.80 Å². The number of halogens is 1. The average Bonchev–Trinajstić information content (AvgIpc) is 1.00. The van der Waals surface area contributed by atoms with Crippen molar-refractivity contribution in [3.8, 4) is 0 Å². The van der Waals surface area contributed by atoms with Crippen LogP contribution >= 0.6 is 9.80 Å². The van der Waals surface area contributed by atoms with Gasteiger partial charge in [-0.15, -0.1) is 0 Å². The Labute approximate surface area is 54.8 Å². The van der Waals surface area contributed by atoms with Crippen molar-refractivity contribution in [3.63, 3.8) is 0 Å². The van der Waals surface area contributed by atoms with Gasteiger partial charge in [0.05, 0.1) is 0 Å². The van der Waals surface area contributed by atoms with Crippen LogP contribution in [0.25, 0.3) is 0 Å². The van der Waals surface area contributed by atoms with Crippen molar-refractivity contribution in [2.75, 3.05) is 0 Å². The molecule has 0 aromatic rings. The average molecular weight is 86.7 g/mol. The zero-order valence-corrected chi connectivity index (χ0v) is 2.63. The summed E-state index contributed by atoms with van der Waals surface area (Å²) >= 11 is 1.47. The first-order chi connectivity index (χ1) is 1.00. The van der Waals surface area contributed by atoms with E-state index in [-0.39, 0.29) is 28.5 Å². The second-order valence-electron chi connectivity index (χ2n) is 0. The molecule has 0 heterocycles. The maximum Gasteiger partial charge on any atom is 0.316 e. The molecule has 0 aromatic carbocycles. The fourth-order valence-corrected chi connectivity index (χ4v) is 0. The van der Waals surface area contributed by atoms with Crippen molar-refractivity contribution in [1.82, 2.24) is 0 Å². The Morgan fingerprint density at radius 2 is 1.25 bits per heavy atom. The molecule has 0 aliphatic carbocycles. The van der Waals surface area contributed by atoms with Crippen LogP contribution in [0.1, 0.15) is 0 Å². The summed E-state index contributed by atoms with van der Waals surface area (Å²) in [5.74, 6) is 0. The van der Waals surface area contributed by atoms with Crippen LogP contribution in [0.5, 0.6) is 0 Å². The molecule has 4 heavy (non-hydrogen) atoms. The first-order valence-electron chi connectivity index (χ1n) is 0.378. The zero-order valence-electron chi connectivity index (χ0n) is 1.88. The second kappa shape index (κ2) is 23.1. The van der Waals surface area contributed by atoms with Gasteiger partial charge in [-0.2, -0.15) is 0 Å². The summed E-state index contributed by atoms with van der Waals surface area (Å²) in [5, 5.41) is 0. The molecule has 0 spiro atoms. The minimum absolute atomic E-state index is 0. The van der Waals surface area contributed by atoms with Crippen LogP contribution in [0.3, 0.4) is 0 Å². The van der Waals surface area contributed by atoms with Crippen molar-refractivity contribution in [3.05, 3.63) is 0 Å². The van der Waals surface area contributed by atoms with Crippen molar-refractivity contribution in [2.45, 2.75) is 0 Å². The van der Waals surface area contributed by atoms with E-state index in [1.807, 2.05) is 0 Å². The van der Waals surface area contributed by atoms with Crippen LogP contribution in [-0.4, -0.2) is 45.3 Å². The Morgan fingerprint density at radius 1 is 1.25 bits per heavy atom. The van der Waals surface area contributed by atoms with E-state index in [9.17, 15) is 0 Å². The molecule has 1 nitrogen and oxygen atoms in total. The van der Waals surface area contributed by atoms with E-state index >= 15 is 0 Å². The van der Waals surface area contributed by atoms with E-state index in [0.717, 1.165) is 0 Å². The fraction of sp³-hybridized carbons (Fsp3) is 0. The molecule has 0 unspecified atom stereocenters. The molecule has 0 radical (unpaired) electrons. The third-order valence-electron chi connectivity index (χ3n) is 0. The predicted octanol–water partition coefficient (Wildman–Crippen LogP) is -1.43. The van der Waals surface area contributed by atoms with Gasteiger partial charge in [0.1, 0.15) is 0 Å². The summed E-state index contributed by atoms with van der Waals surface area (Å²) in [4.78, 5) is 0. The molecule has 2 N–H and O–H groups in total. The van der Waals surface area contributed by atoms with E-state index < -0.39 is 0 Å². The van der Waals surface area contributed by atoms with Crippen molar-refractivity contribution >= 4 is 49.6 Å². The molecule has 0 aliphatic heterocycles. The maximum absolute atomic E-state index is 4.64. The normalized spacial score (nSPS) is 1.75. The quantitative estimate of drug-likeness (QED) is 0.324. The molecule has 0 saturated carbocycles. The number of rotatable bonds is 0. The van der Waals surface area contributed by atoms with Gasteiger partial charge in [-0.05, 0) is 0 Å². The topological polar surface area (TPSA) is 31.5 Å². The molecular weight excluding hydrogens is 82.7 g/mol. The molecule has 0 fully saturated rings. The van der Waals surface area contributed by atoms with Gasteiger partial charge in [-0.1, -0.05) is 0 Å². The maximum atomic E-state index is 4.64. The first-order valence-corrected chi connectivity index (χ1v) is 1.13. The van der Waals surface area contributed by atoms with Crippen LogP contribution in [0.15, 0.2) is 0 Å². The van der Waals surface area contributed by atoms with Gasteiger partial charge in [0.15, 0.2) is 0 Å². The Kier molecular flexibility index (Phi) is 101. The van der Waals surface area contributed by atoms with E-state index in [1.54, 1.807) is 0 Å². The molecule has 0 saturated heterocycles. The van der Waals surface area contributed by atoms with Crippen molar-refractivity contribution in [1.29, 1.82) is 0 Å². The summed E-state index contributed by atoms with van der Waals surface area (Å²) in [6, 6.07) is 0. The van der Waals surface area contributed by atoms with E-state index in [4.69, 9.17) is 0 Å².